The number of halogens is 1. The first kappa shape index (κ1) is 20.0. The van der Waals surface area contributed by atoms with Crippen LogP contribution in [0, 0.1) is 0 Å². The summed E-state index contributed by atoms with van der Waals surface area (Å²) < 4.78 is 0. The molecular weight excluding hydrogens is 422 g/mol. The van der Waals surface area contributed by atoms with Gasteiger partial charge in [0.05, 0.1) is 11.2 Å². The van der Waals surface area contributed by atoms with Crippen molar-refractivity contribution >= 4 is 51.5 Å². The van der Waals surface area contributed by atoms with E-state index in [1.807, 2.05) is 48.5 Å². The van der Waals surface area contributed by atoms with Gasteiger partial charge in [0.15, 0.2) is 0 Å². The van der Waals surface area contributed by atoms with E-state index in [1.54, 1.807) is 0 Å². The summed E-state index contributed by atoms with van der Waals surface area (Å²) in [6.45, 7) is 0. The summed E-state index contributed by atoms with van der Waals surface area (Å²) in [6, 6.07) is 26.2. The van der Waals surface area contributed by atoms with Crippen LogP contribution in [0.4, 0.5) is 0 Å². The zero-order valence-corrected chi connectivity index (χ0v) is 18.4. The number of hydrogen-bond donors (Lipinski definition) is 0. The molecule has 0 saturated heterocycles. The van der Waals surface area contributed by atoms with E-state index in [0.29, 0.717) is 5.02 Å². The molecule has 0 radical (unpaired) electrons. The van der Waals surface area contributed by atoms with Gasteiger partial charge in [-0.25, -0.2) is 4.98 Å². The van der Waals surface area contributed by atoms with Gasteiger partial charge in [-0.2, -0.15) is 0 Å². The van der Waals surface area contributed by atoms with Crippen LogP contribution in [0.3, 0.4) is 0 Å². The number of carbonyl (C=O) groups excluding carboxylic acids is 1. The lowest BCUT2D eigenvalue weighted by molar-refractivity contribution is 0.108. The van der Waals surface area contributed by atoms with Crippen LogP contribution in [-0.4, -0.2) is 10.1 Å². The molecule has 0 N–H and O–H groups in total. The zero-order chi connectivity index (χ0) is 21.2. The molecule has 0 aliphatic carbocycles. The van der Waals surface area contributed by atoms with Gasteiger partial charge in [0.1, 0.15) is 0 Å². The molecule has 152 valence electrons. The molecule has 2 heterocycles. The maximum atomic E-state index is 12.7. The molecule has 31 heavy (non-hydrogen) atoms. The van der Waals surface area contributed by atoms with Gasteiger partial charge in [-0.15, -0.1) is 0 Å². The first-order valence-corrected chi connectivity index (χ1v) is 11.5. The number of hydrogen-bond acceptors (Lipinski definition) is 3. The van der Waals surface area contributed by atoms with Gasteiger partial charge < -0.3 is 0 Å². The van der Waals surface area contributed by atoms with E-state index in [-0.39, 0.29) is 10.4 Å². The third kappa shape index (κ3) is 4.43. The van der Waals surface area contributed by atoms with Gasteiger partial charge in [0.2, 0.25) is 5.12 Å². The summed E-state index contributed by atoms with van der Waals surface area (Å²) in [7, 11) is 0. The molecule has 5 rings (SSSR count). The molecule has 0 bridgehead atoms. The normalized spacial score (nSPS) is 16.4. The van der Waals surface area contributed by atoms with Gasteiger partial charge in [0.25, 0.3) is 0 Å². The maximum absolute atomic E-state index is 12.7. The van der Waals surface area contributed by atoms with Crippen molar-refractivity contribution < 1.29 is 4.79 Å². The lowest BCUT2D eigenvalue weighted by atomic mass is 9.99. The largest absolute Gasteiger partial charge is 0.282 e. The Labute approximate surface area is 191 Å². The first-order chi connectivity index (χ1) is 15.2. The zero-order valence-electron chi connectivity index (χ0n) is 16.8. The van der Waals surface area contributed by atoms with E-state index in [0.717, 1.165) is 46.1 Å². The quantitative estimate of drug-likeness (QED) is 0.327. The number of nitrogens with zero attached hydrogens (tertiary/aromatic N) is 1. The molecule has 3 aromatic carbocycles. The van der Waals surface area contributed by atoms with Crippen molar-refractivity contribution in [3.63, 3.8) is 0 Å². The van der Waals surface area contributed by atoms with Gasteiger partial charge in [-0.05, 0) is 53.8 Å². The van der Waals surface area contributed by atoms with Gasteiger partial charge in [-0.3, -0.25) is 4.79 Å². The third-order valence-corrected chi connectivity index (χ3v) is 7.03. The van der Waals surface area contributed by atoms with Crippen molar-refractivity contribution in [3.8, 4) is 0 Å². The van der Waals surface area contributed by atoms with Crippen molar-refractivity contribution in [2.75, 3.05) is 0 Å². The number of rotatable bonds is 3. The standard InChI is InChI=1S/C27H20ClNOS/c28-22-12-9-20-10-14-23(29-25(20)17-22)13-8-18-4-3-6-21(16-18)26-15-11-19-5-1-2-7-24(19)27(30)31-26/h1-10,12-14,16-17,26H,11,15H2/b13-8+. The summed E-state index contributed by atoms with van der Waals surface area (Å²) in [5.41, 5.74) is 6.06. The highest BCUT2D eigenvalue weighted by Crippen LogP contribution is 2.39. The molecule has 1 unspecified atom stereocenters. The Kier molecular flexibility index (Phi) is 5.63. The molecule has 4 heteroatoms. The van der Waals surface area contributed by atoms with Crippen molar-refractivity contribution in [2.24, 2.45) is 0 Å². The molecule has 2 nitrogen and oxygen atoms in total. The number of benzene rings is 3. The van der Waals surface area contributed by atoms with Crippen molar-refractivity contribution in [2.45, 2.75) is 18.1 Å². The van der Waals surface area contributed by atoms with Crippen LogP contribution in [0.15, 0.2) is 78.9 Å². The van der Waals surface area contributed by atoms with E-state index < -0.39 is 0 Å². The lowest BCUT2D eigenvalue weighted by Gasteiger charge is -2.13. The van der Waals surface area contributed by atoms with E-state index in [1.165, 1.54) is 17.3 Å². The Morgan fingerprint density at radius 1 is 0.935 bits per heavy atom. The highest BCUT2D eigenvalue weighted by molar-refractivity contribution is 8.14. The Hall–Kier alpha value is -2.88. The van der Waals surface area contributed by atoms with Crippen molar-refractivity contribution in [1.82, 2.24) is 4.98 Å². The molecule has 1 atom stereocenters. The topological polar surface area (TPSA) is 30.0 Å². The van der Waals surface area contributed by atoms with Crippen LogP contribution < -0.4 is 0 Å². The summed E-state index contributed by atoms with van der Waals surface area (Å²) in [6.07, 6.45) is 5.96. The fraction of sp³-hybridized carbons (Fsp3) is 0.111. The number of aromatic nitrogens is 1. The minimum absolute atomic E-state index is 0.161. The maximum Gasteiger partial charge on any atom is 0.220 e. The summed E-state index contributed by atoms with van der Waals surface area (Å²) >= 11 is 7.54. The average molecular weight is 442 g/mol. The van der Waals surface area contributed by atoms with Gasteiger partial charge in [-0.1, -0.05) is 90.1 Å². The van der Waals surface area contributed by atoms with E-state index >= 15 is 0 Å². The number of fused-ring (bicyclic) bond motifs is 2. The van der Waals surface area contributed by atoms with Crippen LogP contribution in [-0.2, 0) is 6.42 Å². The minimum atomic E-state index is 0.161. The van der Waals surface area contributed by atoms with Crippen LogP contribution >= 0.6 is 23.4 Å². The van der Waals surface area contributed by atoms with Gasteiger partial charge >= 0.3 is 0 Å². The number of aryl methyl sites for hydroxylation is 1. The average Bonchev–Trinajstić information content (AvgIpc) is 2.97. The molecular formula is C27H20ClNOS. The minimum Gasteiger partial charge on any atom is -0.282 e. The highest BCUT2D eigenvalue weighted by Gasteiger charge is 2.24. The van der Waals surface area contributed by atoms with Crippen LogP contribution in [0.2, 0.25) is 5.02 Å². The predicted molar refractivity (Wildman–Crippen MR) is 132 cm³/mol. The Balaban J connectivity index is 1.37. The Morgan fingerprint density at radius 2 is 1.81 bits per heavy atom. The molecule has 0 amide bonds. The molecule has 1 aromatic heterocycles. The fourth-order valence-corrected chi connectivity index (χ4v) is 5.22. The van der Waals surface area contributed by atoms with Crippen LogP contribution in [0.5, 0.6) is 0 Å². The molecule has 0 saturated carbocycles. The van der Waals surface area contributed by atoms with Crippen LogP contribution in [0.25, 0.3) is 23.1 Å². The molecule has 1 aliphatic heterocycles. The van der Waals surface area contributed by atoms with E-state index in [4.69, 9.17) is 11.6 Å². The van der Waals surface area contributed by atoms with Gasteiger partial charge in [0, 0.05) is 21.2 Å². The SMILES string of the molecule is O=C1SC(c2cccc(/C=C/c3ccc4ccc(Cl)cc4n3)c2)CCc2ccccc21. The number of carbonyl (C=O) groups is 1. The lowest BCUT2D eigenvalue weighted by Crippen LogP contribution is -1.98. The predicted octanol–water partition coefficient (Wildman–Crippen LogP) is 7.62. The van der Waals surface area contributed by atoms with E-state index in [2.05, 4.69) is 47.5 Å². The second-order valence-corrected chi connectivity index (χ2v) is 9.28. The number of pyridine rings is 1. The molecule has 0 fully saturated rings. The number of thioether (sulfide) groups is 1. The first-order valence-electron chi connectivity index (χ1n) is 10.3. The third-order valence-electron chi connectivity index (χ3n) is 5.57. The van der Waals surface area contributed by atoms with Crippen LogP contribution in [0.1, 0.15) is 44.4 Å². The Morgan fingerprint density at radius 3 is 2.74 bits per heavy atom. The monoisotopic (exact) mass is 441 g/mol. The second-order valence-electron chi connectivity index (χ2n) is 7.67. The second kappa shape index (κ2) is 8.70. The van der Waals surface area contributed by atoms with Crippen molar-refractivity contribution in [1.29, 1.82) is 0 Å². The van der Waals surface area contributed by atoms with E-state index in [9.17, 15) is 4.79 Å². The fourth-order valence-electron chi connectivity index (χ4n) is 3.95. The summed E-state index contributed by atoms with van der Waals surface area (Å²) in [5.74, 6) is 0. The summed E-state index contributed by atoms with van der Waals surface area (Å²) in [4.78, 5) is 17.4. The Bertz CT molecular complexity index is 1310. The van der Waals surface area contributed by atoms with Crippen molar-refractivity contribution in [3.05, 3.63) is 112 Å². The summed E-state index contributed by atoms with van der Waals surface area (Å²) in [5, 5.41) is 2.08. The molecule has 4 aromatic rings. The smallest absolute Gasteiger partial charge is 0.220 e. The molecule has 1 aliphatic rings. The highest BCUT2D eigenvalue weighted by atomic mass is 35.5. The molecule has 0 spiro atoms.